The Bertz CT molecular complexity index is 478. The van der Waals surface area contributed by atoms with Crippen molar-refractivity contribution >= 4 is 23.3 Å². The van der Waals surface area contributed by atoms with Crippen molar-refractivity contribution in [2.75, 3.05) is 5.73 Å². The molecule has 0 aliphatic rings. The van der Waals surface area contributed by atoms with Crippen LogP contribution in [0.4, 0.5) is 18.9 Å². The van der Waals surface area contributed by atoms with E-state index >= 15 is 0 Å². The van der Waals surface area contributed by atoms with Crippen molar-refractivity contribution in [3.63, 3.8) is 0 Å². The molecule has 100 valence electrons. The van der Waals surface area contributed by atoms with Gasteiger partial charge in [0.2, 0.25) is 0 Å². The van der Waals surface area contributed by atoms with E-state index in [0.717, 1.165) is 6.07 Å². The van der Waals surface area contributed by atoms with Gasteiger partial charge in [0.05, 0.1) is 10.7 Å². The van der Waals surface area contributed by atoms with Gasteiger partial charge in [-0.1, -0.05) is 11.6 Å². The van der Waals surface area contributed by atoms with E-state index in [1.54, 1.807) is 0 Å². The van der Waals surface area contributed by atoms with Crippen LogP contribution in [-0.2, 0) is 4.79 Å². The molecule has 1 aromatic rings. The number of aliphatic carboxylic acids is 1. The van der Waals surface area contributed by atoms with Crippen LogP contribution in [0.15, 0.2) is 12.1 Å². The summed E-state index contributed by atoms with van der Waals surface area (Å²) in [4.78, 5) is 10.6. The molecule has 1 unspecified atom stereocenters. The smallest absolute Gasteiger partial charge is 0.479 e. The molecule has 0 radical (unpaired) electrons. The second kappa shape index (κ2) is 4.91. The van der Waals surface area contributed by atoms with Crippen molar-refractivity contribution in [3.8, 4) is 5.75 Å². The summed E-state index contributed by atoms with van der Waals surface area (Å²) < 4.78 is 39.9. The summed E-state index contributed by atoms with van der Waals surface area (Å²) in [5, 5.41) is 17.5. The molecular weight excluding hydrogens is 279 g/mol. The molecule has 0 fully saturated rings. The molecule has 1 aromatic carbocycles. The first kappa shape index (κ1) is 14.4. The zero-order valence-corrected chi connectivity index (χ0v) is 9.29. The molecular formula is C9H7ClF3NO4. The number of carboxylic acid groups (broad SMARTS) is 1. The summed E-state index contributed by atoms with van der Waals surface area (Å²) in [6.07, 6.45) is -7.26. The van der Waals surface area contributed by atoms with Crippen molar-refractivity contribution in [2.45, 2.75) is 12.5 Å². The van der Waals surface area contributed by atoms with Crippen molar-refractivity contribution < 1.29 is 32.9 Å². The summed E-state index contributed by atoms with van der Waals surface area (Å²) in [5.74, 6) is -2.67. The summed E-state index contributed by atoms with van der Waals surface area (Å²) in [7, 11) is 0. The molecule has 5 nitrogen and oxygen atoms in total. The lowest BCUT2D eigenvalue weighted by atomic mass is 10.1. The largest absolute Gasteiger partial charge is 0.573 e. The Hall–Kier alpha value is -1.67. The van der Waals surface area contributed by atoms with Crippen LogP contribution < -0.4 is 10.5 Å². The molecule has 0 heterocycles. The number of aliphatic hydroxyl groups is 1. The maximum absolute atomic E-state index is 12.1. The van der Waals surface area contributed by atoms with E-state index in [1.807, 2.05) is 0 Å². The number of nitrogen functional groups attached to an aromatic ring is 1. The molecule has 0 saturated carbocycles. The fourth-order valence-electron chi connectivity index (χ4n) is 1.15. The Morgan fingerprint density at radius 1 is 1.44 bits per heavy atom. The van der Waals surface area contributed by atoms with Gasteiger partial charge in [0, 0.05) is 11.6 Å². The predicted octanol–water partition coefficient (Wildman–Crippen LogP) is 1.94. The molecule has 0 aromatic heterocycles. The molecule has 1 atom stereocenters. The van der Waals surface area contributed by atoms with Crippen LogP contribution in [0.25, 0.3) is 0 Å². The maximum atomic E-state index is 12.1. The van der Waals surface area contributed by atoms with Crippen molar-refractivity contribution in [1.29, 1.82) is 0 Å². The molecule has 0 amide bonds. The molecule has 0 aliphatic heterocycles. The Morgan fingerprint density at radius 2 is 2.00 bits per heavy atom. The van der Waals surface area contributed by atoms with Crippen LogP contribution in [0.2, 0.25) is 5.02 Å². The fraction of sp³-hybridized carbons (Fsp3) is 0.222. The quantitative estimate of drug-likeness (QED) is 0.738. The van der Waals surface area contributed by atoms with Crippen LogP contribution in [0.3, 0.4) is 0 Å². The zero-order valence-electron chi connectivity index (χ0n) is 8.53. The van der Waals surface area contributed by atoms with Crippen LogP contribution in [0.1, 0.15) is 11.7 Å². The lowest BCUT2D eigenvalue weighted by Crippen LogP contribution is -2.20. The van der Waals surface area contributed by atoms with Gasteiger partial charge < -0.3 is 20.7 Å². The van der Waals surface area contributed by atoms with Crippen molar-refractivity contribution in [3.05, 3.63) is 22.7 Å². The van der Waals surface area contributed by atoms with E-state index in [-0.39, 0.29) is 10.7 Å². The number of aliphatic hydroxyl groups excluding tert-OH is 1. The van der Waals surface area contributed by atoms with Crippen LogP contribution in [-0.4, -0.2) is 22.5 Å². The number of ether oxygens (including phenoxy) is 1. The van der Waals surface area contributed by atoms with E-state index in [9.17, 15) is 23.1 Å². The first-order valence-corrected chi connectivity index (χ1v) is 4.75. The molecule has 4 N–H and O–H groups in total. The monoisotopic (exact) mass is 285 g/mol. The second-order valence-corrected chi connectivity index (χ2v) is 3.61. The summed E-state index contributed by atoms with van der Waals surface area (Å²) >= 11 is 5.50. The average Bonchev–Trinajstić information content (AvgIpc) is 2.19. The van der Waals surface area contributed by atoms with Gasteiger partial charge in [-0.25, -0.2) is 4.79 Å². The summed E-state index contributed by atoms with van der Waals surface area (Å²) in [6.45, 7) is 0. The Balaban J connectivity index is 3.29. The summed E-state index contributed by atoms with van der Waals surface area (Å²) in [5.41, 5.74) is 4.50. The van der Waals surface area contributed by atoms with E-state index in [4.69, 9.17) is 22.4 Å². The number of carbonyl (C=O) groups is 1. The Morgan fingerprint density at radius 3 is 2.44 bits per heavy atom. The van der Waals surface area contributed by atoms with Gasteiger partial charge in [-0.05, 0) is 6.07 Å². The molecule has 18 heavy (non-hydrogen) atoms. The number of anilines is 1. The fourth-order valence-corrected chi connectivity index (χ4v) is 1.30. The minimum absolute atomic E-state index is 0.179. The minimum Gasteiger partial charge on any atom is -0.479 e. The number of benzene rings is 1. The molecule has 0 aliphatic carbocycles. The topological polar surface area (TPSA) is 92.8 Å². The highest BCUT2D eigenvalue weighted by Crippen LogP contribution is 2.36. The lowest BCUT2D eigenvalue weighted by Gasteiger charge is -2.16. The SMILES string of the molecule is Nc1cc(C(O)C(=O)O)c(OC(F)(F)F)cc1Cl. The number of carboxylic acids is 1. The highest BCUT2D eigenvalue weighted by atomic mass is 35.5. The molecule has 0 spiro atoms. The standard InChI is InChI=1S/C9H7ClF3NO4/c10-4-2-6(18-9(11,12)13)3(1-5(4)14)7(15)8(16)17/h1-2,7,15H,14H2,(H,16,17). The molecule has 9 heteroatoms. The van der Waals surface area contributed by atoms with Gasteiger partial charge in [0.25, 0.3) is 0 Å². The van der Waals surface area contributed by atoms with E-state index in [0.29, 0.717) is 6.07 Å². The van der Waals surface area contributed by atoms with Crippen molar-refractivity contribution in [1.82, 2.24) is 0 Å². The van der Waals surface area contributed by atoms with Gasteiger partial charge in [-0.2, -0.15) is 0 Å². The number of alkyl halides is 3. The van der Waals surface area contributed by atoms with Gasteiger partial charge in [-0.15, -0.1) is 13.2 Å². The predicted molar refractivity (Wildman–Crippen MR) is 55.1 cm³/mol. The normalized spacial score (nSPS) is 13.2. The third-order valence-electron chi connectivity index (χ3n) is 1.88. The third kappa shape index (κ3) is 3.41. The van der Waals surface area contributed by atoms with Gasteiger partial charge in [0.1, 0.15) is 5.75 Å². The highest BCUT2D eigenvalue weighted by Gasteiger charge is 2.34. The van der Waals surface area contributed by atoms with Crippen LogP contribution in [0.5, 0.6) is 5.75 Å². The second-order valence-electron chi connectivity index (χ2n) is 3.20. The average molecular weight is 286 g/mol. The van der Waals surface area contributed by atoms with E-state index < -0.39 is 29.7 Å². The Labute approximate surface area is 104 Å². The van der Waals surface area contributed by atoms with Gasteiger partial charge in [0.15, 0.2) is 6.10 Å². The van der Waals surface area contributed by atoms with E-state index in [2.05, 4.69) is 4.74 Å². The van der Waals surface area contributed by atoms with Gasteiger partial charge in [-0.3, -0.25) is 0 Å². The number of rotatable bonds is 3. The lowest BCUT2D eigenvalue weighted by molar-refractivity contribution is -0.275. The Kier molecular flexibility index (Phi) is 3.92. The minimum atomic E-state index is -5.05. The van der Waals surface area contributed by atoms with E-state index in [1.165, 1.54) is 0 Å². The first-order valence-electron chi connectivity index (χ1n) is 4.37. The number of hydrogen-bond donors (Lipinski definition) is 3. The molecule has 0 saturated heterocycles. The highest BCUT2D eigenvalue weighted by molar-refractivity contribution is 6.33. The van der Waals surface area contributed by atoms with Gasteiger partial charge >= 0.3 is 12.3 Å². The maximum Gasteiger partial charge on any atom is 0.573 e. The molecule has 1 rings (SSSR count). The number of hydrogen-bond acceptors (Lipinski definition) is 4. The van der Waals surface area contributed by atoms with Crippen LogP contribution in [0, 0.1) is 0 Å². The number of nitrogens with two attached hydrogens (primary N) is 1. The first-order chi connectivity index (χ1) is 8.11. The van der Waals surface area contributed by atoms with Crippen molar-refractivity contribution in [2.24, 2.45) is 0 Å². The zero-order chi connectivity index (χ0) is 14.1. The molecule has 0 bridgehead atoms. The number of halogens is 4. The van der Waals surface area contributed by atoms with Crippen LogP contribution >= 0.6 is 11.6 Å². The summed E-state index contributed by atoms with van der Waals surface area (Å²) in [6, 6.07) is 1.49. The third-order valence-corrected chi connectivity index (χ3v) is 2.21.